The Kier molecular flexibility index (Phi) is 3.16. The van der Waals surface area contributed by atoms with Crippen molar-refractivity contribution in [1.82, 2.24) is 0 Å². The van der Waals surface area contributed by atoms with Gasteiger partial charge in [-0.3, -0.25) is 0 Å². The minimum atomic E-state index is 0.139. The molecule has 0 spiro atoms. The topological polar surface area (TPSA) is 39.2 Å². The lowest BCUT2D eigenvalue weighted by molar-refractivity contribution is 0.472. The number of hydrogen-bond donors (Lipinski definition) is 1. The molecule has 0 aromatic carbocycles. The molecule has 1 rings (SSSR count). The van der Waals surface area contributed by atoms with E-state index in [1.165, 1.54) is 0 Å². The normalized spacial score (nSPS) is 13.5. The first-order chi connectivity index (χ1) is 5.09. The van der Waals surface area contributed by atoms with Gasteiger partial charge in [-0.05, 0) is 44.8 Å². The van der Waals surface area contributed by atoms with Crippen LogP contribution in [-0.4, -0.2) is 6.04 Å². The van der Waals surface area contributed by atoms with Crippen LogP contribution in [0, 0.1) is 0 Å². The molecule has 0 saturated heterocycles. The maximum absolute atomic E-state index is 5.59. The van der Waals surface area contributed by atoms with Gasteiger partial charge in [-0.2, -0.15) is 0 Å². The largest absolute Gasteiger partial charge is 0.453 e. The second-order valence-corrected chi connectivity index (χ2v) is 4.09. The second kappa shape index (κ2) is 3.74. The van der Waals surface area contributed by atoms with Crippen LogP contribution < -0.4 is 5.73 Å². The highest BCUT2D eigenvalue weighted by Crippen LogP contribution is 2.27. The van der Waals surface area contributed by atoms with Gasteiger partial charge in [0.25, 0.3) is 0 Å². The van der Waals surface area contributed by atoms with E-state index in [-0.39, 0.29) is 6.04 Å². The van der Waals surface area contributed by atoms with Crippen molar-refractivity contribution < 1.29 is 4.42 Å². The summed E-state index contributed by atoms with van der Waals surface area (Å²) in [6.45, 7) is 1.95. The summed E-state index contributed by atoms with van der Waals surface area (Å²) in [5.74, 6) is 0.902. The standard InChI is InChI=1S/C7H9Br2NO/c1-4(10)2-5-3-6(8)7(9)11-5/h3-4H,2,10H2,1H3. The van der Waals surface area contributed by atoms with E-state index in [0.717, 1.165) is 21.3 Å². The van der Waals surface area contributed by atoms with Crippen molar-refractivity contribution in [3.63, 3.8) is 0 Å². The van der Waals surface area contributed by atoms with Crippen molar-refractivity contribution in [2.45, 2.75) is 19.4 Å². The van der Waals surface area contributed by atoms with Crippen LogP contribution >= 0.6 is 31.9 Å². The Morgan fingerprint density at radius 1 is 1.64 bits per heavy atom. The second-order valence-electron chi connectivity index (χ2n) is 2.52. The van der Waals surface area contributed by atoms with Crippen LogP contribution in [0.4, 0.5) is 0 Å². The van der Waals surface area contributed by atoms with E-state index in [1.807, 2.05) is 13.0 Å². The number of nitrogens with two attached hydrogens (primary N) is 1. The molecule has 2 nitrogen and oxygen atoms in total. The van der Waals surface area contributed by atoms with Crippen molar-refractivity contribution in [3.8, 4) is 0 Å². The average Bonchev–Trinajstić information content (AvgIpc) is 2.10. The molecule has 0 aliphatic heterocycles. The first-order valence-electron chi connectivity index (χ1n) is 3.29. The van der Waals surface area contributed by atoms with Crippen molar-refractivity contribution in [1.29, 1.82) is 0 Å². The molecular weight excluding hydrogens is 274 g/mol. The third-order valence-electron chi connectivity index (χ3n) is 1.22. The molecule has 2 N–H and O–H groups in total. The monoisotopic (exact) mass is 281 g/mol. The van der Waals surface area contributed by atoms with E-state index in [9.17, 15) is 0 Å². The average molecular weight is 283 g/mol. The van der Waals surface area contributed by atoms with Crippen molar-refractivity contribution >= 4 is 31.9 Å². The zero-order chi connectivity index (χ0) is 8.43. The van der Waals surface area contributed by atoms with Crippen LogP contribution in [0.1, 0.15) is 12.7 Å². The van der Waals surface area contributed by atoms with Gasteiger partial charge < -0.3 is 10.2 Å². The SMILES string of the molecule is CC(N)Cc1cc(Br)c(Br)o1. The van der Waals surface area contributed by atoms with Crippen molar-refractivity contribution in [2.24, 2.45) is 5.73 Å². The van der Waals surface area contributed by atoms with Gasteiger partial charge in [-0.15, -0.1) is 0 Å². The van der Waals surface area contributed by atoms with Gasteiger partial charge in [0.05, 0.1) is 4.47 Å². The van der Waals surface area contributed by atoms with Crippen LogP contribution in [0.15, 0.2) is 19.6 Å². The van der Waals surface area contributed by atoms with Crippen LogP contribution in [0.25, 0.3) is 0 Å². The highest BCUT2D eigenvalue weighted by molar-refractivity contribution is 9.13. The van der Waals surface area contributed by atoms with E-state index in [1.54, 1.807) is 0 Å². The van der Waals surface area contributed by atoms with E-state index >= 15 is 0 Å². The fraction of sp³-hybridized carbons (Fsp3) is 0.429. The first kappa shape index (κ1) is 9.29. The molecule has 0 amide bonds. The molecule has 1 heterocycles. The number of furan rings is 1. The van der Waals surface area contributed by atoms with E-state index in [4.69, 9.17) is 10.2 Å². The fourth-order valence-electron chi connectivity index (χ4n) is 0.809. The summed E-state index contributed by atoms with van der Waals surface area (Å²) in [5.41, 5.74) is 5.59. The zero-order valence-electron chi connectivity index (χ0n) is 6.10. The number of rotatable bonds is 2. The van der Waals surface area contributed by atoms with Gasteiger partial charge in [0, 0.05) is 12.5 Å². The summed E-state index contributed by atoms with van der Waals surface area (Å²) in [6.07, 6.45) is 0.768. The summed E-state index contributed by atoms with van der Waals surface area (Å²) < 4.78 is 6.98. The fourth-order valence-corrected chi connectivity index (χ4v) is 1.47. The van der Waals surface area contributed by atoms with Gasteiger partial charge in [-0.25, -0.2) is 0 Å². The Labute approximate surface area is 82.4 Å². The van der Waals surface area contributed by atoms with E-state index in [0.29, 0.717) is 0 Å². The lowest BCUT2D eigenvalue weighted by Crippen LogP contribution is -2.17. The Morgan fingerprint density at radius 3 is 2.64 bits per heavy atom. The summed E-state index contributed by atoms with van der Waals surface area (Å²) in [4.78, 5) is 0. The number of hydrogen-bond acceptors (Lipinski definition) is 2. The molecule has 1 aromatic heterocycles. The van der Waals surface area contributed by atoms with Gasteiger partial charge in [0.1, 0.15) is 5.76 Å². The molecule has 1 aromatic rings. The van der Waals surface area contributed by atoms with Gasteiger partial charge >= 0.3 is 0 Å². The molecule has 1 atom stereocenters. The lowest BCUT2D eigenvalue weighted by Gasteiger charge is -1.98. The Hall–Kier alpha value is 0.200. The van der Waals surface area contributed by atoms with Crippen LogP contribution in [0.2, 0.25) is 0 Å². The minimum Gasteiger partial charge on any atom is -0.453 e. The first-order valence-corrected chi connectivity index (χ1v) is 4.87. The van der Waals surface area contributed by atoms with Crippen LogP contribution in [-0.2, 0) is 6.42 Å². The van der Waals surface area contributed by atoms with E-state index in [2.05, 4.69) is 31.9 Å². The van der Waals surface area contributed by atoms with Gasteiger partial charge in [-0.1, -0.05) is 0 Å². The minimum absolute atomic E-state index is 0.139. The van der Waals surface area contributed by atoms with E-state index < -0.39 is 0 Å². The maximum atomic E-state index is 5.59. The summed E-state index contributed by atoms with van der Waals surface area (Å²) in [6, 6.07) is 2.06. The zero-order valence-corrected chi connectivity index (χ0v) is 9.28. The van der Waals surface area contributed by atoms with Gasteiger partial charge in [0.15, 0.2) is 4.67 Å². The lowest BCUT2D eigenvalue weighted by atomic mass is 10.2. The third kappa shape index (κ3) is 2.61. The molecule has 0 saturated carbocycles. The summed E-state index contributed by atoms with van der Waals surface area (Å²) in [5, 5.41) is 0. The highest BCUT2D eigenvalue weighted by atomic mass is 79.9. The molecule has 1 unspecified atom stereocenters. The highest BCUT2D eigenvalue weighted by Gasteiger charge is 2.06. The molecular formula is C7H9Br2NO. The maximum Gasteiger partial charge on any atom is 0.183 e. The predicted molar refractivity (Wildman–Crippen MR) is 51.5 cm³/mol. The Balaban J connectivity index is 2.73. The molecule has 0 fully saturated rings. The molecule has 0 radical (unpaired) electrons. The number of halogens is 2. The molecule has 0 aliphatic carbocycles. The quantitative estimate of drug-likeness (QED) is 0.906. The molecule has 0 bridgehead atoms. The van der Waals surface area contributed by atoms with Crippen LogP contribution in [0.3, 0.4) is 0 Å². The van der Waals surface area contributed by atoms with Crippen molar-refractivity contribution in [3.05, 3.63) is 21.0 Å². The molecule has 0 aliphatic rings. The van der Waals surface area contributed by atoms with Gasteiger partial charge in [0.2, 0.25) is 0 Å². The Morgan fingerprint density at radius 2 is 2.27 bits per heavy atom. The summed E-state index contributed by atoms with van der Waals surface area (Å²) in [7, 11) is 0. The molecule has 4 heteroatoms. The Bertz CT molecular complexity index is 225. The molecule has 62 valence electrons. The smallest absolute Gasteiger partial charge is 0.183 e. The van der Waals surface area contributed by atoms with Crippen molar-refractivity contribution in [2.75, 3.05) is 0 Å². The van der Waals surface area contributed by atoms with Crippen LogP contribution in [0.5, 0.6) is 0 Å². The summed E-state index contributed by atoms with van der Waals surface area (Å²) >= 11 is 6.58. The molecule has 11 heavy (non-hydrogen) atoms. The predicted octanol–water partition coefficient (Wildman–Crippen LogP) is 2.69. The third-order valence-corrected chi connectivity index (χ3v) is 2.93.